The molecule has 1 rings (SSSR count). The van der Waals surface area contributed by atoms with E-state index >= 15 is 0 Å². The van der Waals surface area contributed by atoms with Gasteiger partial charge in [0.25, 0.3) is 0 Å². The van der Waals surface area contributed by atoms with E-state index in [0.29, 0.717) is 0 Å². The van der Waals surface area contributed by atoms with Gasteiger partial charge in [0.1, 0.15) is 0 Å². The number of nitrogens with one attached hydrogen (secondary N) is 1. The molecule has 0 aliphatic carbocycles. The minimum Gasteiger partial charge on any atom is -0.476 e. The second kappa shape index (κ2) is 3.26. The molecule has 0 aliphatic rings. The minimum absolute atomic E-state index is 0.162. The molecule has 1 aromatic heterocycles. The molecule has 0 atom stereocenters. The first-order valence-electron chi connectivity index (χ1n) is 2.94. The monoisotopic (exact) mass is 187 g/mol. The number of hydrogen-bond donors (Lipinski definition) is 2. The fourth-order valence-corrected chi connectivity index (χ4v) is 1.18. The molecule has 7 heteroatoms. The van der Waals surface area contributed by atoms with E-state index in [4.69, 9.17) is 5.11 Å². The van der Waals surface area contributed by atoms with Crippen molar-refractivity contribution in [2.75, 3.05) is 5.32 Å². The summed E-state index contributed by atoms with van der Waals surface area (Å²) in [6, 6.07) is 0. The normalized spacial score (nSPS) is 9.42. The Kier molecular flexibility index (Phi) is 2.34. The molecule has 0 fully saturated rings. The van der Waals surface area contributed by atoms with Crippen LogP contribution in [0.5, 0.6) is 0 Å². The Labute approximate surface area is 71.4 Å². The van der Waals surface area contributed by atoms with Crippen LogP contribution in [0.2, 0.25) is 0 Å². The van der Waals surface area contributed by atoms with Crippen LogP contribution in [0.1, 0.15) is 17.4 Å². The summed E-state index contributed by atoms with van der Waals surface area (Å²) in [7, 11) is 0. The first-order valence-corrected chi connectivity index (χ1v) is 3.72. The Morgan fingerprint density at radius 3 is 2.75 bits per heavy atom. The topological polar surface area (TPSA) is 92.2 Å². The van der Waals surface area contributed by atoms with Gasteiger partial charge in [-0.25, -0.2) is 4.79 Å². The van der Waals surface area contributed by atoms with Gasteiger partial charge in [-0.2, -0.15) is 0 Å². The van der Waals surface area contributed by atoms with Crippen molar-refractivity contribution in [3.8, 4) is 0 Å². The van der Waals surface area contributed by atoms with Gasteiger partial charge in [0.15, 0.2) is 5.00 Å². The van der Waals surface area contributed by atoms with Gasteiger partial charge in [-0.15, -0.1) is 5.10 Å². The van der Waals surface area contributed by atoms with E-state index in [1.165, 1.54) is 6.92 Å². The van der Waals surface area contributed by atoms with Crippen LogP contribution >= 0.6 is 11.5 Å². The highest BCUT2D eigenvalue weighted by atomic mass is 32.1. The van der Waals surface area contributed by atoms with Crippen molar-refractivity contribution in [3.63, 3.8) is 0 Å². The van der Waals surface area contributed by atoms with Crippen LogP contribution in [0.3, 0.4) is 0 Å². The molecule has 0 aliphatic heterocycles. The van der Waals surface area contributed by atoms with Crippen LogP contribution < -0.4 is 5.32 Å². The summed E-state index contributed by atoms with van der Waals surface area (Å²) < 4.78 is 3.39. The lowest BCUT2D eigenvalue weighted by Gasteiger charge is -1.95. The van der Waals surface area contributed by atoms with E-state index in [1.807, 2.05) is 0 Å². The Balaban J connectivity index is 2.91. The molecule has 1 heterocycles. The number of carboxylic acid groups (broad SMARTS) is 1. The third-order valence-corrected chi connectivity index (χ3v) is 1.62. The van der Waals surface area contributed by atoms with Crippen LogP contribution in [0.15, 0.2) is 0 Å². The maximum absolute atomic E-state index is 10.5. The molecule has 12 heavy (non-hydrogen) atoms. The summed E-state index contributed by atoms with van der Waals surface area (Å²) in [5.41, 5.74) is -0.227. The number of carbonyl (C=O) groups is 2. The van der Waals surface area contributed by atoms with Crippen LogP contribution in [0.4, 0.5) is 5.00 Å². The molecule has 1 aromatic rings. The molecule has 2 N–H and O–H groups in total. The van der Waals surface area contributed by atoms with Gasteiger partial charge in [0, 0.05) is 18.5 Å². The molecule has 0 saturated carbocycles. The zero-order valence-corrected chi connectivity index (χ0v) is 6.88. The lowest BCUT2D eigenvalue weighted by molar-refractivity contribution is -0.114. The summed E-state index contributed by atoms with van der Waals surface area (Å²) in [5.74, 6) is -1.55. The average Bonchev–Trinajstić information content (AvgIpc) is 2.33. The summed E-state index contributed by atoms with van der Waals surface area (Å²) in [6.45, 7) is 1.28. The number of nitrogens with zero attached hydrogens (tertiary/aromatic N) is 2. The molecular formula is C5H5N3O3S. The lowest BCUT2D eigenvalue weighted by atomic mass is 10.4. The second-order valence-electron chi connectivity index (χ2n) is 1.94. The number of carboxylic acids is 1. The van der Waals surface area contributed by atoms with Crippen molar-refractivity contribution in [2.45, 2.75) is 6.92 Å². The van der Waals surface area contributed by atoms with Gasteiger partial charge in [-0.05, 0) is 0 Å². The Morgan fingerprint density at radius 2 is 2.25 bits per heavy atom. The molecule has 0 aromatic carbocycles. The zero-order chi connectivity index (χ0) is 9.14. The number of carbonyl (C=O) groups excluding carboxylic acids is 1. The molecule has 6 nitrogen and oxygen atoms in total. The van der Waals surface area contributed by atoms with E-state index < -0.39 is 5.97 Å². The minimum atomic E-state index is -1.20. The van der Waals surface area contributed by atoms with Crippen molar-refractivity contribution in [1.82, 2.24) is 9.59 Å². The standard InChI is InChI=1S/C5H5N3O3S/c1-2(9)6-4-3(5(10)11)7-8-12-4/h1H3,(H,6,9)(H,10,11). The Bertz CT molecular complexity index is 321. The Hall–Kier alpha value is -1.50. The SMILES string of the molecule is CC(=O)Nc1snnc1C(=O)O. The van der Waals surface area contributed by atoms with E-state index in [9.17, 15) is 9.59 Å². The van der Waals surface area contributed by atoms with Gasteiger partial charge in [-0.3, -0.25) is 4.79 Å². The van der Waals surface area contributed by atoms with Crippen molar-refractivity contribution < 1.29 is 14.7 Å². The molecule has 0 bridgehead atoms. The van der Waals surface area contributed by atoms with Gasteiger partial charge < -0.3 is 10.4 Å². The lowest BCUT2D eigenvalue weighted by Crippen LogP contribution is -2.08. The number of anilines is 1. The van der Waals surface area contributed by atoms with Crippen molar-refractivity contribution >= 4 is 28.4 Å². The first kappa shape index (κ1) is 8.60. The summed E-state index contributed by atoms with van der Waals surface area (Å²) in [6.07, 6.45) is 0. The molecule has 0 saturated heterocycles. The first-order chi connectivity index (χ1) is 5.61. The summed E-state index contributed by atoms with van der Waals surface area (Å²) in [4.78, 5) is 21.0. The smallest absolute Gasteiger partial charge is 0.359 e. The van der Waals surface area contributed by atoms with Crippen LogP contribution in [-0.2, 0) is 4.79 Å². The summed E-state index contributed by atoms with van der Waals surface area (Å²) >= 11 is 0.832. The van der Waals surface area contributed by atoms with Gasteiger partial charge in [-0.1, -0.05) is 4.49 Å². The Morgan fingerprint density at radius 1 is 1.58 bits per heavy atom. The molecular weight excluding hydrogens is 182 g/mol. The van der Waals surface area contributed by atoms with Crippen LogP contribution in [0, 0.1) is 0 Å². The molecule has 0 spiro atoms. The highest BCUT2D eigenvalue weighted by molar-refractivity contribution is 7.10. The van der Waals surface area contributed by atoms with Crippen molar-refractivity contribution in [2.24, 2.45) is 0 Å². The maximum Gasteiger partial charge on any atom is 0.359 e. The second-order valence-corrected chi connectivity index (χ2v) is 2.69. The molecule has 1 amide bonds. The van der Waals surface area contributed by atoms with Gasteiger partial charge in [0.2, 0.25) is 11.6 Å². The van der Waals surface area contributed by atoms with E-state index in [-0.39, 0.29) is 16.6 Å². The number of hydrogen-bond acceptors (Lipinski definition) is 5. The number of aromatic nitrogens is 2. The third-order valence-electron chi connectivity index (χ3n) is 0.980. The van der Waals surface area contributed by atoms with Crippen molar-refractivity contribution in [1.29, 1.82) is 0 Å². The van der Waals surface area contributed by atoms with E-state index in [1.54, 1.807) is 0 Å². The quantitative estimate of drug-likeness (QED) is 0.689. The van der Waals surface area contributed by atoms with Crippen molar-refractivity contribution in [3.05, 3.63) is 5.69 Å². The summed E-state index contributed by atoms with van der Waals surface area (Å²) in [5, 5.41) is 14.3. The van der Waals surface area contributed by atoms with Gasteiger partial charge >= 0.3 is 5.97 Å². The maximum atomic E-state index is 10.5. The van der Waals surface area contributed by atoms with E-state index in [0.717, 1.165) is 11.5 Å². The third kappa shape index (κ3) is 1.76. The predicted molar refractivity (Wildman–Crippen MR) is 41.2 cm³/mol. The highest BCUT2D eigenvalue weighted by Gasteiger charge is 2.15. The van der Waals surface area contributed by atoms with Gasteiger partial charge in [0.05, 0.1) is 0 Å². The number of amides is 1. The number of aromatic carboxylic acids is 1. The predicted octanol–water partition coefficient (Wildman–Crippen LogP) is 0.195. The average molecular weight is 187 g/mol. The fraction of sp³-hybridized carbons (Fsp3) is 0.200. The largest absolute Gasteiger partial charge is 0.476 e. The van der Waals surface area contributed by atoms with Crippen LogP contribution in [-0.4, -0.2) is 26.6 Å². The van der Waals surface area contributed by atoms with E-state index in [2.05, 4.69) is 14.9 Å². The fourth-order valence-electron chi connectivity index (χ4n) is 0.573. The highest BCUT2D eigenvalue weighted by Crippen LogP contribution is 2.16. The zero-order valence-electron chi connectivity index (χ0n) is 6.07. The molecule has 0 unspecified atom stereocenters. The molecule has 0 radical (unpaired) electrons. The molecule has 64 valence electrons. The number of rotatable bonds is 2. The van der Waals surface area contributed by atoms with Crippen LogP contribution in [0.25, 0.3) is 0 Å².